The minimum Gasteiger partial charge on any atom is -0.439 e. The van der Waals surface area contributed by atoms with E-state index in [0.29, 0.717) is 30.7 Å². The average Bonchev–Trinajstić information content (AvgIpc) is 3.19. The standard InChI is InChI=1S/C15H15N3O2S.C8H5F4NO/c1-18-6-5-11-7-13(3-4-14(11)18)20-15-8-12(9-19-21-2)16-10-17-15;9-6-2-1-5(8(10,11)12)3-7(6)13-4-14/h3-8,10H,9H2,1-2H3;1-4H,(H,13,14). The highest BCUT2D eigenvalue weighted by Gasteiger charge is 2.31. The molecular formula is C23H20F4N4O3S. The Balaban J connectivity index is 0.000000214. The van der Waals surface area contributed by atoms with Crippen LogP contribution >= 0.6 is 12.0 Å². The van der Waals surface area contributed by atoms with Crippen LogP contribution in [0.5, 0.6) is 11.6 Å². The van der Waals surface area contributed by atoms with Gasteiger partial charge in [-0.1, -0.05) is 0 Å². The summed E-state index contributed by atoms with van der Waals surface area (Å²) in [6.45, 7) is 0.428. The molecule has 7 nitrogen and oxygen atoms in total. The van der Waals surface area contributed by atoms with Gasteiger partial charge in [-0.3, -0.25) is 4.79 Å². The lowest BCUT2D eigenvalue weighted by Crippen LogP contribution is -2.07. The first kappa shape index (κ1) is 26.0. The van der Waals surface area contributed by atoms with Crippen molar-refractivity contribution in [2.45, 2.75) is 12.8 Å². The number of aromatic nitrogens is 3. The highest BCUT2D eigenvalue weighted by Crippen LogP contribution is 2.31. The molecule has 2 heterocycles. The van der Waals surface area contributed by atoms with Gasteiger partial charge in [0.2, 0.25) is 12.3 Å². The van der Waals surface area contributed by atoms with Crippen molar-refractivity contribution in [2.75, 3.05) is 11.6 Å². The molecule has 2 aromatic heterocycles. The lowest BCUT2D eigenvalue weighted by molar-refractivity contribution is -0.137. The molecule has 0 aliphatic heterocycles. The van der Waals surface area contributed by atoms with Crippen LogP contribution < -0.4 is 10.1 Å². The number of aryl methyl sites for hydroxylation is 1. The van der Waals surface area contributed by atoms with Gasteiger partial charge in [0.15, 0.2) is 0 Å². The van der Waals surface area contributed by atoms with Gasteiger partial charge in [0.1, 0.15) is 24.5 Å². The van der Waals surface area contributed by atoms with E-state index in [-0.39, 0.29) is 6.41 Å². The maximum atomic E-state index is 12.8. The number of benzene rings is 2. The van der Waals surface area contributed by atoms with Crippen LogP contribution in [0.1, 0.15) is 11.3 Å². The molecule has 184 valence electrons. The number of ether oxygens (including phenoxy) is 1. The average molecular weight is 508 g/mol. The third kappa shape index (κ3) is 7.17. The van der Waals surface area contributed by atoms with Gasteiger partial charge in [0.05, 0.1) is 16.9 Å². The molecule has 0 aliphatic carbocycles. The molecule has 35 heavy (non-hydrogen) atoms. The maximum absolute atomic E-state index is 12.8. The Morgan fingerprint density at radius 3 is 2.63 bits per heavy atom. The number of carbonyl (C=O) groups excluding carboxylic acids is 1. The number of hydrogen-bond donors (Lipinski definition) is 1. The quantitative estimate of drug-likeness (QED) is 0.188. The lowest BCUT2D eigenvalue weighted by Gasteiger charge is -2.08. The smallest absolute Gasteiger partial charge is 0.416 e. The highest BCUT2D eigenvalue weighted by atomic mass is 32.2. The molecule has 4 rings (SSSR count). The van der Waals surface area contributed by atoms with Crippen LogP contribution in [0.15, 0.2) is 61.1 Å². The van der Waals surface area contributed by atoms with E-state index in [2.05, 4.69) is 20.6 Å². The number of halogens is 4. The van der Waals surface area contributed by atoms with Gasteiger partial charge in [0.25, 0.3) is 0 Å². The van der Waals surface area contributed by atoms with E-state index in [9.17, 15) is 22.4 Å². The Morgan fingerprint density at radius 2 is 1.91 bits per heavy atom. The van der Waals surface area contributed by atoms with Crippen LogP contribution in [0.25, 0.3) is 10.9 Å². The third-order valence-corrected chi connectivity index (χ3v) is 4.96. The lowest BCUT2D eigenvalue weighted by atomic mass is 10.2. The summed E-state index contributed by atoms with van der Waals surface area (Å²) in [7, 11) is 2.02. The second kappa shape index (κ2) is 11.7. The summed E-state index contributed by atoms with van der Waals surface area (Å²) in [4.78, 5) is 18.2. The number of rotatable bonds is 7. The van der Waals surface area contributed by atoms with Gasteiger partial charge in [-0.2, -0.15) is 13.2 Å². The minimum atomic E-state index is -4.55. The summed E-state index contributed by atoms with van der Waals surface area (Å²) >= 11 is 1.31. The van der Waals surface area contributed by atoms with Crippen molar-refractivity contribution < 1.29 is 31.3 Å². The molecule has 2 aromatic carbocycles. The Hall–Kier alpha value is -3.64. The van der Waals surface area contributed by atoms with Crippen molar-refractivity contribution in [3.8, 4) is 11.6 Å². The number of carbonyl (C=O) groups is 1. The van der Waals surface area contributed by atoms with Crippen LogP contribution in [0, 0.1) is 5.82 Å². The minimum absolute atomic E-state index is 0.110. The fourth-order valence-corrected chi connectivity index (χ4v) is 3.19. The summed E-state index contributed by atoms with van der Waals surface area (Å²) in [5.74, 6) is 0.356. The monoisotopic (exact) mass is 508 g/mol. The molecule has 0 fully saturated rings. The molecule has 0 bridgehead atoms. The zero-order chi connectivity index (χ0) is 25.4. The molecule has 0 atom stereocenters. The first-order valence-electron chi connectivity index (χ1n) is 9.97. The van der Waals surface area contributed by atoms with Gasteiger partial charge < -0.3 is 18.8 Å². The van der Waals surface area contributed by atoms with Gasteiger partial charge >= 0.3 is 6.18 Å². The molecule has 0 saturated carbocycles. The number of nitrogens with one attached hydrogen (secondary N) is 1. The highest BCUT2D eigenvalue weighted by molar-refractivity contribution is 7.93. The van der Waals surface area contributed by atoms with Crippen LogP contribution in [0.3, 0.4) is 0 Å². The number of nitrogens with zero attached hydrogens (tertiary/aromatic N) is 3. The van der Waals surface area contributed by atoms with E-state index in [1.165, 1.54) is 23.9 Å². The summed E-state index contributed by atoms with van der Waals surface area (Å²) in [5.41, 5.74) is 0.451. The van der Waals surface area contributed by atoms with Gasteiger partial charge in [-0.05, 0) is 54.5 Å². The Bertz CT molecular complexity index is 1300. The van der Waals surface area contributed by atoms with E-state index < -0.39 is 23.2 Å². The Morgan fingerprint density at radius 1 is 1.11 bits per heavy atom. The number of amides is 1. The van der Waals surface area contributed by atoms with Crippen molar-refractivity contribution in [2.24, 2.45) is 7.05 Å². The van der Waals surface area contributed by atoms with Crippen LogP contribution in [-0.4, -0.2) is 27.2 Å². The summed E-state index contributed by atoms with van der Waals surface area (Å²) in [6, 6.07) is 11.6. The van der Waals surface area contributed by atoms with Gasteiger partial charge in [-0.25, -0.2) is 14.4 Å². The molecule has 0 unspecified atom stereocenters. The predicted octanol–water partition coefficient (Wildman–Crippen LogP) is 5.97. The van der Waals surface area contributed by atoms with Crippen molar-refractivity contribution in [3.05, 3.63) is 78.1 Å². The second-order valence-electron chi connectivity index (χ2n) is 6.98. The molecule has 12 heteroatoms. The van der Waals surface area contributed by atoms with Crippen LogP contribution in [-0.2, 0) is 28.8 Å². The van der Waals surface area contributed by atoms with Crippen molar-refractivity contribution >= 4 is 35.0 Å². The number of hydrogen-bond acceptors (Lipinski definition) is 6. The fraction of sp³-hybridized carbons (Fsp3) is 0.174. The van der Waals surface area contributed by atoms with Crippen LogP contribution in [0.4, 0.5) is 23.2 Å². The molecule has 1 amide bonds. The molecule has 0 saturated heterocycles. The molecular weight excluding hydrogens is 488 g/mol. The van der Waals surface area contributed by atoms with E-state index in [1.54, 1.807) is 6.07 Å². The van der Waals surface area contributed by atoms with Crippen molar-refractivity contribution in [3.63, 3.8) is 0 Å². The second-order valence-corrected chi connectivity index (χ2v) is 7.55. The fourth-order valence-electron chi connectivity index (χ4n) is 2.95. The zero-order valence-electron chi connectivity index (χ0n) is 18.5. The largest absolute Gasteiger partial charge is 0.439 e. The molecule has 0 aliphatic rings. The molecule has 0 radical (unpaired) electrons. The molecule has 1 N–H and O–H groups in total. The van der Waals surface area contributed by atoms with Gasteiger partial charge in [-0.15, -0.1) is 0 Å². The normalized spacial score (nSPS) is 11.0. The van der Waals surface area contributed by atoms with Crippen molar-refractivity contribution in [1.29, 1.82) is 0 Å². The van der Waals surface area contributed by atoms with Crippen LogP contribution in [0.2, 0.25) is 0 Å². The SMILES string of the molecule is CSOCc1cc(Oc2ccc3c(ccn3C)c2)ncn1.O=CNc1cc(C(F)(F)F)ccc1F. The van der Waals surface area contributed by atoms with E-state index >= 15 is 0 Å². The number of anilines is 1. The molecule has 4 aromatic rings. The van der Waals surface area contributed by atoms with Gasteiger partial charge in [0, 0.05) is 36.5 Å². The van der Waals surface area contributed by atoms with E-state index in [4.69, 9.17) is 8.92 Å². The number of alkyl halides is 3. The Labute approximate surface area is 202 Å². The topological polar surface area (TPSA) is 78.3 Å². The number of fused-ring (bicyclic) bond motifs is 1. The van der Waals surface area contributed by atoms with E-state index in [0.717, 1.165) is 16.8 Å². The van der Waals surface area contributed by atoms with Crippen molar-refractivity contribution in [1.82, 2.24) is 14.5 Å². The first-order valence-corrected chi connectivity index (χ1v) is 11.1. The predicted molar refractivity (Wildman–Crippen MR) is 124 cm³/mol. The zero-order valence-corrected chi connectivity index (χ0v) is 19.4. The third-order valence-electron chi connectivity index (χ3n) is 4.61. The molecule has 0 spiro atoms. The Kier molecular flexibility index (Phi) is 8.66. The van der Waals surface area contributed by atoms with E-state index in [1.807, 2.05) is 43.0 Å². The summed E-state index contributed by atoms with van der Waals surface area (Å²) in [5, 5.41) is 2.97. The first-order chi connectivity index (χ1) is 16.7. The maximum Gasteiger partial charge on any atom is 0.416 e. The summed E-state index contributed by atoms with van der Waals surface area (Å²) < 4.78 is 62.2. The summed E-state index contributed by atoms with van der Waals surface area (Å²) in [6.07, 6.45) is 0.936.